The summed E-state index contributed by atoms with van der Waals surface area (Å²) in [5, 5.41) is 9.19. The summed E-state index contributed by atoms with van der Waals surface area (Å²) in [5.74, 6) is 0.381. The number of likely N-dealkylation sites (tertiary alicyclic amines) is 1. The third kappa shape index (κ3) is 3.33. The number of urea groups is 1. The zero-order chi connectivity index (χ0) is 13.8. The molecule has 2 fully saturated rings. The van der Waals surface area contributed by atoms with E-state index in [-0.39, 0.29) is 12.1 Å². The Morgan fingerprint density at radius 2 is 1.95 bits per heavy atom. The van der Waals surface area contributed by atoms with Crippen LogP contribution in [0, 0.1) is 0 Å². The molecule has 0 spiro atoms. The Morgan fingerprint density at radius 3 is 2.53 bits per heavy atom. The Morgan fingerprint density at radius 1 is 1.26 bits per heavy atom. The first-order valence-electron chi connectivity index (χ1n) is 6.52. The molecule has 1 unspecified atom stereocenters. The van der Waals surface area contributed by atoms with E-state index in [2.05, 4.69) is 0 Å². The van der Waals surface area contributed by atoms with Crippen LogP contribution in [0.4, 0.5) is 4.79 Å². The molecule has 6 nitrogen and oxygen atoms in total. The minimum Gasteiger partial charge on any atom is -0.480 e. The van der Waals surface area contributed by atoms with E-state index < -0.39 is 12.0 Å². The number of amides is 2. The average Bonchev–Trinajstić information content (AvgIpc) is 2.46. The van der Waals surface area contributed by atoms with E-state index in [0.717, 1.165) is 18.6 Å². The van der Waals surface area contributed by atoms with Gasteiger partial charge in [0.25, 0.3) is 0 Å². The van der Waals surface area contributed by atoms with Gasteiger partial charge in [0.15, 0.2) is 0 Å². The zero-order valence-corrected chi connectivity index (χ0v) is 11.9. The highest BCUT2D eigenvalue weighted by molar-refractivity contribution is 7.99. The van der Waals surface area contributed by atoms with Crippen LogP contribution in [0.25, 0.3) is 0 Å². The summed E-state index contributed by atoms with van der Waals surface area (Å²) in [5.41, 5.74) is 0. The van der Waals surface area contributed by atoms with Gasteiger partial charge in [0.1, 0.15) is 6.04 Å². The van der Waals surface area contributed by atoms with Gasteiger partial charge in [-0.3, -0.25) is 0 Å². The monoisotopic (exact) mass is 288 g/mol. The van der Waals surface area contributed by atoms with Crippen molar-refractivity contribution in [3.05, 3.63) is 0 Å². The van der Waals surface area contributed by atoms with Gasteiger partial charge in [0, 0.05) is 38.2 Å². The van der Waals surface area contributed by atoms with E-state index >= 15 is 0 Å². The number of nitrogens with zero attached hydrogens (tertiary/aromatic N) is 2. The lowest BCUT2D eigenvalue weighted by Gasteiger charge is -2.39. The van der Waals surface area contributed by atoms with Crippen LogP contribution in [0.15, 0.2) is 0 Å². The molecular formula is C12H20N2O4S. The van der Waals surface area contributed by atoms with Gasteiger partial charge < -0.3 is 19.6 Å². The molecule has 2 heterocycles. The van der Waals surface area contributed by atoms with Crippen molar-refractivity contribution in [3.63, 3.8) is 0 Å². The molecule has 0 aromatic heterocycles. The third-order valence-electron chi connectivity index (χ3n) is 3.71. The van der Waals surface area contributed by atoms with E-state index in [1.54, 1.807) is 23.8 Å². The molecule has 1 atom stereocenters. The van der Waals surface area contributed by atoms with Crippen LogP contribution in [0.3, 0.4) is 0 Å². The Bertz CT molecular complexity index is 345. The number of carbonyl (C=O) groups excluding carboxylic acids is 1. The van der Waals surface area contributed by atoms with Crippen molar-refractivity contribution >= 4 is 23.8 Å². The lowest BCUT2D eigenvalue weighted by atomic mass is 10.1. The summed E-state index contributed by atoms with van der Waals surface area (Å²) in [6.07, 6.45) is 1.86. The fourth-order valence-corrected chi connectivity index (χ4v) is 3.54. The molecule has 1 N–H and O–H groups in total. The topological polar surface area (TPSA) is 70.1 Å². The maximum atomic E-state index is 12.4. The molecule has 2 saturated heterocycles. The molecule has 2 aliphatic rings. The van der Waals surface area contributed by atoms with E-state index in [1.165, 1.54) is 4.90 Å². The van der Waals surface area contributed by atoms with Crippen molar-refractivity contribution in [2.45, 2.75) is 25.0 Å². The van der Waals surface area contributed by atoms with Crippen molar-refractivity contribution in [3.8, 4) is 0 Å². The number of hydrogen-bond donors (Lipinski definition) is 1. The Labute approximate surface area is 117 Å². The normalized spacial score (nSPS) is 25.4. The van der Waals surface area contributed by atoms with Crippen LogP contribution in [-0.2, 0) is 9.53 Å². The molecule has 0 aliphatic carbocycles. The molecule has 108 valence electrons. The van der Waals surface area contributed by atoms with E-state index in [0.29, 0.717) is 25.4 Å². The van der Waals surface area contributed by atoms with Gasteiger partial charge in [-0.15, -0.1) is 0 Å². The zero-order valence-electron chi connectivity index (χ0n) is 11.1. The fourth-order valence-electron chi connectivity index (χ4n) is 2.50. The maximum absolute atomic E-state index is 12.4. The maximum Gasteiger partial charge on any atom is 0.327 e. The number of aliphatic carboxylic acids is 1. The molecule has 0 radical (unpaired) electrons. The number of hydrogen-bond acceptors (Lipinski definition) is 4. The number of piperidine rings is 1. The standard InChI is InChI=1S/C12H20N2O4S/c1-18-9-2-4-13(5-3-9)12(17)14-6-7-19-8-10(14)11(15)16/h9-10H,2-8H2,1H3,(H,15,16). The van der Waals surface area contributed by atoms with Gasteiger partial charge in [0.2, 0.25) is 0 Å². The fraction of sp³-hybridized carbons (Fsp3) is 0.833. The smallest absolute Gasteiger partial charge is 0.327 e. The second kappa shape index (κ2) is 6.47. The molecule has 7 heteroatoms. The van der Waals surface area contributed by atoms with Crippen molar-refractivity contribution in [2.75, 3.05) is 38.2 Å². The van der Waals surface area contributed by atoms with Crippen LogP contribution in [-0.4, -0.2) is 77.3 Å². The van der Waals surface area contributed by atoms with E-state index in [4.69, 9.17) is 4.74 Å². The first kappa shape index (κ1) is 14.5. The van der Waals surface area contributed by atoms with Crippen LogP contribution in [0.5, 0.6) is 0 Å². The molecular weight excluding hydrogens is 268 g/mol. The van der Waals surface area contributed by atoms with Crippen LogP contribution in [0.1, 0.15) is 12.8 Å². The van der Waals surface area contributed by atoms with Crippen molar-refractivity contribution in [2.24, 2.45) is 0 Å². The lowest BCUT2D eigenvalue weighted by molar-refractivity contribution is -0.141. The Hall–Kier alpha value is -0.950. The largest absolute Gasteiger partial charge is 0.480 e. The molecule has 19 heavy (non-hydrogen) atoms. The first-order chi connectivity index (χ1) is 9.13. The number of ether oxygens (including phenoxy) is 1. The van der Waals surface area contributed by atoms with Gasteiger partial charge in [-0.1, -0.05) is 0 Å². The predicted molar refractivity (Wildman–Crippen MR) is 72.5 cm³/mol. The highest BCUT2D eigenvalue weighted by Gasteiger charge is 2.35. The first-order valence-corrected chi connectivity index (χ1v) is 7.68. The van der Waals surface area contributed by atoms with Gasteiger partial charge in [-0.05, 0) is 12.8 Å². The number of thioether (sulfide) groups is 1. The summed E-state index contributed by atoms with van der Waals surface area (Å²) in [6, 6.07) is -0.825. The molecule has 2 rings (SSSR count). The second-order valence-electron chi connectivity index (χ2n) is 4.83. The van der Waals surface area contributed by atoms with Gasteiger partial charge in [-0.25, -0.2) is 9.59 Å². The molecule has 2 amide bonds. The minimum absolute atomic E-state index is 0.137. The second-order valence-corrected chi connectivity index (χ2v) is 5.98. The summed E-state index contributed by atoms with van der Waals surface area (Å²) in [6.45, 7) is 1.81. The molecule has 0 bridgehead atoms. The van der Waals surface area contributed by atoms with Gasteiger partial charge in [0.05, 0.1) is 6.10 Å². The quantitative estimate of drug-likeness (QED) is 0.811. The van der Waals surface area contributed by atoms with Crippen LogP contribution >= 0.6 is 11.8 Å². The number of rotatable bonds is 2. The van der Waals surface area contributed by atoms with Crippen LogP contribution in [0.2, 0.25) is 0 Å². The van der Waals surface area contributed by atoms with Gasteiger partial charge in [-0.2, -0.15) is 11.8 Å². The number of methoxy groups -OCH3 is 1. The molecule has 0 saturated carbocycles. The van der Waals surface area contributed by atoms with Gasteiger partial charge >= 0.3 is 12.0 Å². The summed E-state index contributed by atoms with van der Waals surface area (Å²) < 4.78 is 5.28. The van der Waals surface area contributed by atoms with Crippen molar-refractivity contribution in [1.29, 1.82) is 0 Å². The summed E-state index contributed by atoms with van der Waals surface area (Å²) in [7, 11) is 1.68. The van der Waals surface area contributed by atoms with Crippen molar-refractivity contribution < 1.29 is 19.4 Å². The SMILES string of the molecule is COC1CCN(C(=O)N2CCSCC2C(=O)O)CC1. The highest BCUT2D eigenvalue weighted by Crippen LogP contribution is 2.21. The number of carboxylic acid groups (broad SMARTS) is 1. The highest BCUT2D eigenvalue weighted by atomic mass is 32.2. The number of carbonyl (C=O) groups is 2. The molecule has 0 aromatic rings. The minimum atomic E-state index is -0.910. The molecule has 2 aliphatic heterocycles. The Kier molecular flexibility index (Phi) is 4.93. The molecule has 0 aromatic carbocycles. The predicted octanol–water partition coefficient (Wildman–Crippen LogP) is 0.719. The van der Waals surface area contributed by atoms with Crippen LogP contribution < -0.4 is 0 Å². The summed E-state index contributed by atoms with van der Waals surface area (Å²) in [4.78, 5) is 26.9. The van der Waals surface area contributed by atoms with E-state index in [1.807, 2.05) is 0 Å². The lowest BCUT2D eigenvalue weighted by Crippen LogP contribution is -2.56. The third-order valence-corrected chi connectivity index (χ3v) is 4.73. The average molecular weight is 288 g/mol. The Balaban J connectivity index is 1.96. The van der Waals surface area contributed by atoms with Crippen molar-refractivity contribution in [1.82, 2.24) is 9.80 Å². The number of carboxylic acids is 1. The van der Waals surface area contributed by atoms with E-state index in [9.17, 15) is 14.7 Å². The summed E-state index contributed by atoms with van der Waals surface area (Å²) >= 11 is 1.59.